The minimum absolute atomic E-state index is 0.0114. The summed E-state index contributed by atoms with van der Waals surface area (Å²) in [7, 11) is 3.55. The SMILES string of the molecule is CNC(=O)[C@@H](CC(=O)c1nc(-c2ccc(F)c(F)c2)n2c1CN(C)CC(C)(C)C2)C(C)(C)C. The zero-order valence-electron chi connectivity index (χ0n) is 20.6. The number of benzene rings is 1. The predicted molar refractivity (Wildman–Crippen MR) is 124 cm³/mol. The summed E-state index contributed by atoms with van der Waals surface area (Å²) in [5.74, 6) is -2.42. The Morgan fingerprint density at radius 1 is 1.18 bits per heavy atom. The first kappa shape index (κ1) is 25.0. The van der Waals surface area contributed by atoms with E-state index >= 15 is 0 Å². The van der Waals surface area contributed by atoms with E-state index in [1.807, 2.05) is 32.4 Å². The summed E-state index contributed by atoms with van der Waals surface area (Å²) in [6.45, 7) is 11.9. The van der Waals surface area contributed by atoms with Gasteiger partial charge in [-0.2, -0.15) is 0 Å². The number of halogens is 2. The second kappa shape index (κ2) is 8.97. The summed E-state index contributed by atoms with van der Waals surface area (Å²) in [5, 5.41) is 2.66. The molecule has 0 radical (unpaired) electrons. The van der Waals surface area contributed by atoms with Crippen LogP contribution in [0.5, 0.6) is 0 Å². The van der Waals surface area contributed by atoms with Crippen molar-refractivity contribution in [3.63, 3.8) is 0 Å². The number of fused-ring (bicyclic) bond motifs is 1. The van der Waals surface area contributed by atoms with Crippen LogP contribution in [0.4, 0.5) is 8.78 Å². The van der Waals surface area contributed by atoms with E-state index in [0.29, 0.717) is 24.5 Å². The van der Waals surface area contributed by atoms with Crippen LogP contribution in [0.25, 0.3) is 11.4 Å². The quantitative estimate of drug-likeness (QED) is 0.677. The van der Waals surface area contributed by atoms with Gasteiger partial charge < -0.3 is 9.88 Å². The van der Waals surface area contributed by atoms with Crippen molar-refractivity contribution in [3.05, 3.63) is 41.2 Å². The zero-order chi connectivity index (χ0) is 24.7. The van der Waals surface area contributed by atoms with Crippen molar-refractivity contribution >= 4 is 11.7 Å². The van der Waals surface area contributed by atoms with E-state index in [4.69, 9.17) is 0 Å². The number of aromatic nitrogens is 2. The van der Waals surface area contributed by atoms with E-state index in [-0.39, 0.29) is 29.2 Å². The van der Waals surface area contributed by atoms with Gasteiger partial charge in [0.2, 0.25) is 5.91 Å². The number of nitrogens with zero attached hydrogens (tertiary/aromatic N) is 3. The van der Waals surface area contributed by atoms with Crippen LogP contribution >= 0.6 is 0 Å². The Labute approximate surface area is 194 Å². The van der Waals surface area contributed by atoms with Crippen LogP contribution < -0.4 is 5.32 Å². The van der Waals surface area contributed by atoms with Gasteiger partial charge in [-0.25, -0.2) is 13.8 Å². The van der Waals surface area contributed by atoms with Gasteiger partial charge in [-0.3, -0.25) is 14.5 Å². The average Bonchev–Trinajstić information content (AvgIpc) is 2.97. The predicted octanol–water partition coefficient (Wildman–Crippen LogP) is 4.28. The standard InChI is InChI=1S/C25H34F2N4O2/c1-24(2,3)16(23(33)28-6)11-20(32)21-19-12-30(7)13-25(4,5)14-31(19)22(29-21)15-8-9-17(26)18(27)10-15/h8-10,16H,11-14H2,1-7H3,(H,28,33)/t16-/m1/s1. The van der Waals surface area contributed by atoms with Crippen molar-refractivity contribution in [2.75, 3.05) is 20.6 Å². The van der Waals surface area contributed by atoms with Crippen molar-refractivity contribution in [2.45, 2.75) is 54.1 Å². The summed E-state index contributed by atoms with van der Waals surface area (Å²) in [6, 6.07) is 3.67. The van der Waals surface area contributed by atoms with Gasteiger partial charge in [-0.1, -0.05) is 34.6 Å². The first-order valence-electron chi connectivity index (χ1n) is 11.2. The number of amides is 1. The van der Waals surface area contributed by atoms with Crippen molar-refractivity contribution in [1.29, 1.82) is 0 Å². The second-order valence-electron chi connectivity index (χ2n) is 10.9. The summed E-state index contributed by atoms with van der Waals surface area (Å²) in [6.07, 6.45) is 0.0114. The van der Waals surface area contributed by atoms with Crippen LogP contribution in [-0.4, -0.2) is 46.8 Å². The highest BCUT2D eigenvalue weighted by atomic mass is 19.2. The van der Waals surface area contributed by atoms with E-state index in [0.717, 1.165) is 24.4 Å². The number of nitrogens with one attached hydrogen (secondary N) is 1. The summed E-state index contributed by atoms with van der Waals surface area (Å²) < 4.78 is 29.6. The van der Waals surface area contributed by atoms with Crippen LogP contribution in [0.3, 0.4) is 0 Å². The number of hydrogen-bond donors (Lipinski definition) is 1. The molecule has 33 heavy (non-hydrogen) atoms. The zero-order valence-corrected chi connectivity index (χ0v) is 20.6. The monoisotopic (exact) mass is 460 g/mol. The van der Waals surface area contributed by atoms with Gasteiger partial charge in [0, 0.05) is 38.7 Å². The first-order valence-corrected chi connectivity index (χ1v) is 11.2. The van der Waals surface area contributed by atoms with E-state index in [1.54, 1.807) is 7.05 Å². The van der Waals surface area contributed by atoms with Gasteiger partial charge in [-0.05, 0) is 36.1 Å². The largest absolute Gasteiger partial charge is 0.359 e. The Balaban J connectivity index is 2.14. The minimum Gasteiger partial charge on any atom is -0.359 e. The maximum Gasteiger partial charge on any atom is 0.223 e. The highest BCUT2D eigenvalue weighted by Gasteiger charge is 2.36. The number of carbonyl (C=O) groups excluding carboxylic acids is 2. The Kier molecular flexibility index (Phi) is 6.80. The summed E-state index contributed by atoms with van der Waals surface area (Å²) in [4.78, 5) is 32.9. The molecule has 6 nitrogen and oxygen atoms in total. The number of ketones is 1. The molecule has 1 aromatic heterocycles. The normalized spacial score (nSPS) is 17.2. The Morgan fingerprint density at radius 3 is 2.42 bits per heavy atom. The molecule has 0 bridgehead atoms. The summed E-state index contributed by atoms with van der Waals surface area (Å²) in [5.41, 5.74) is 0.876. The molecule has 8 heteroatoms. The molecule has 2 aromatic rings. The Bertz CT molecular complexity index is 1070. The molecular weight excluding hydrogens is 426 g/mol. The number of hydrogen-bond acceptors (Lipinski definition) is 4. The molecule has 1 aromatic carbocycles. The highest BCUT2D eigenvalue weighted by Crippen LogP contribution is 2.35. The average molecular weight is 461 g/mol. The van der Waals surface area contributed by atoms with E-state index in [1.165, 1.54) is 6.07 Å². The van der Waals surface area contributed by atoms with Gasteiger partial charge in [0.15, 0.2) is 17.4 Å². The molecular formula is C25H34F2N4O2. The molecule has 0 saturated heterocycles. The first-order chi connectivity index (χ1) is 15.2. The van der Waals surface area contributed by atoms with Crippen molar-refractivity contribution in [3.8, 4) is 11.4 Å². The number of Topliss-reactive ketones (excluding diaryl/α,β-unsaturated/α-hetero) is 1. The molecule has 0 unspecified atom stereocenters. The van der Waals surface area contributed by atoms with Gasteiger partial charge >= 0.3 is 0 Å². The molecule has 3 rings (SSSR count). The Hall–Kier alpha value is -2.61. The van der Waals surface area contributed by atoms with Crippen molar-refractivity contribution in [1.82, 2.24) is 19.8 Å². The smallest absolute Gasteiger partial charge is 0.223 e. The number of imidazole rings is 1. The fraction of sp³-hybridized carbons (Fsp3) is 0.560. The number of carbonyl (C=O) groups is 2. The third-order valence-corrected chi connectivity index (χ3v) is 6.22. The van der Waals surface area contributed by atoms with Crippen LogP contribution in [0.15, 0.2) is 18.2 Å². The maximum absolute atomic E-state index is 14.1. The lowest BCUT2D eigenvalue weighted by Crippen LogP contribution is -2.37. The molecule has 0 fully saturated rings. The fourth-order valence-electron chi connectivity index (χ4n) is 4.66. The van der Waals surface area contributed by atoms with Gasteiger partial charge in [-0.15, -0.1) is 0 Å². The highest BCUT2D eigenvalue weighted by molar-refractivity contribution is 5.98. The van der Waals surface area contributed by atoms with Crippen molar-refractivity contribution < 1.29 is 18.4 Å². The van der Waals surface area contributed by atoms with E-state index in [2.05, 4.69) is 29.0 Å². The van der Waals surface area contributed by atoms with Crippen LogP contribution in [0, 0.1) is 28.4 Å². The van der Waals surface area contributed by atoms with Gasteiger partial charge in [0.1, 0.15) is 11.5 Å². The molecule has 0 aliphatic carbocycles. The molecule has 1 N–H and O–H groups in total. The van der Waals surface area contributed by atoms with Crippen LogP contribution in [-0.2, 0) is 17.9 Å². The molecule has 2 heterocycles. The summed E-state index contributed by atoms with van der Waals surface area (Å²) >= 11 is 0. The van der Waals surface area contributed by atoms with E-state index < -0.39 is 23.0 Å². The lowest BCUT2D eigenvalue weighted by atomic mass is 9.77. The molecule has 0 spiro atoms. The third kappa shape index (κ3) is 5.32. The molecule has 180 valence electrons. The molecule has 1 atom stereocenters. The topological polar surface area (TPSA) is 67.2 Å². The molecule has 1 aliphatic rings. The second-order valence-corrected chi connectivity index (χ2v) is 10.9. The fourth-order valence-corrected chi connectivity index (χ4v) is 4.66. The van der Waals surface area contributed by atoms with Gasteiger partial charge in [0.05, 0.1) is 11.6 Å². The number of rotatable bonds is 5. The van der Waals surface area contributed by atoms with Crippen molar-refractivity contribution in [2.24, 2.45) is 16.7 Å². The minimum atomic E-state index is -0.963. The Morgan fingerprint density at radius 2 is 1.85 bits per heavy atom. The molecule has 1 aliphatic heterocycles. The molecule has 1 amide bonds. The van der Waals surface area contributed by atoms with Gasteiger partial charge in [0.25, 0.3) is 0 Å². The maximum atomic E-state index is 14.1. The van der Waals surface area contributed by atoms with Crippen LogP contribution in [0.2, 0.25) is 0 Å². The van der Waals surface area contributed by atoms with Crippen LogP contribution in [0.1, 0.15) is 57.2 Å². The lowest BCUT2D eigenvalue weighted by Gasteiger charge is -2.28. The third-order valence-electron chi connectivity index (χ3n) is 6.22. The molecule has 0 saturated carbocycles. The van der Waals surface area contributed by atoms with E-state index in [9.17, 15) is 18.4 Å². The lowest BCUT2D eigenvalue weighted by molar-refractivity contribution is -0.127.